The summed E-state index contributed by atoms with van der Waals surface area (Å²) >= 11 is -0.288. The summed E-state index contributed by atoms with van der Waals surface area (Å²) in [5.41, 5.74) is 7.98. The molecule has 11 rings (SSSR count). The average Bonchev–Trinajstić information content (AvgIpc) is 4.02. The first-order chi connectivity index (χ1) is 35.5. The summed E-state index contributed by atoms with van der Waals surface area (Å²) in [6, 6.07) is 29.6. The van der Waals surface area contributed by atoms with Crippen molar-refractivity contribution in [3.8, 4) is 16.9 Å². The number of imide groups is 1. The Morgan fingerprint density at radius 1 is 0.877 bits per heavy atom. The molecule has 3 amide bonds. The third kappa shape index (κ3) is 10.7. The fourth-order valence-corrected chi connectivity index (χ4v) is 17.0. The van der Waals surface area contributed by atoms with Crippen LogP contribution in [0.2, 0.25) is 0 Å². The van der Waals surface area contributed by atoms with Gasteiger partial charge in [0.2, 0.25) is 11.8 Å². The van der Waals surface area contributed by atoms with Crippen LogP contribution in [0.15, 0.2) is 95.4 Å². The van der Waals surface area contributed by atoms with Crippen molar-refractivity contribution in [3.63, 3.8) is 0 Å². The average molecular weight is 1120 g/mol. The number of piperazine rings is 1. The number of carboxylic acid groups (broad SMARTS) is 1. The number of benzene rings is 4. The second-order valence-corrected chi connectivity index (χ2v) is 25.8. The van der Waals surface area contributed by atoms with E-state index in [1.54, 1.807) is 0 Å². The minimum absolute atomic E-state index is 0.00848. The first-order valence-electron chi connectivity index (χ1n) is 25.4. The number of para-hydroxylation sites is 1. The number of oxazole rings is 1. The molecule has 0 bridgehead atoms. The molecule has 3 N–H and O–H groups in total. The van der Waals surface area contributed by atoms with Gasteiger partial charge in [0.1, 0.15) is 5.52 Å². The summed E-state index contributed by atoms with van der Waals surface area (Å²) in [7, 11) is 0. The summed E-state index contributed by atoms with van der Waals surface area (Å²) in [6.07, 6.45) is 6.36. The van der Waals surface area contributed by atoms with Crippen molar-refractivity contribution in [2.45, 2.75) is 71.3 Å². The second-order valence-electron chi connectivity index (χ2n) is 19.9. The van der Waals surface area contributed by atoms with Crippen LogP contribution < -0.4 is 23.5 Å². The molecule has 4 aliphatic rings. The minimum atomic E-state index is -1.73. The number of amides is 3. The Bertz CT molecular complexity index is 3200. The maximum absolute atomic E-state index is 13.7. The predicted molar refractivity (Wildman–Crippen MR) is 293 cm³/mol. The van der Waals surface area contributed by atoms with Gasteiger partial charge in [0.15, 0.2) is 10.7 Å². The molecular formula is C56H59IN8O7S. The van der Waals surface area contributed by atoms with Crippen LogP contribution >= 0.6 is 31.6 Å². The van der Waals surface area contributed by atoms with E-state index in [9.17, 15) is 24.3 Å². The zero-order valence-corrected chi connectivity index (χ0v) is 44.0. The molecule has 378 valence electrons. The van der Waals surface area contributed by atoms with Gasteiger partial charge < -0.3 is 4.42 Å². The van der Waals surface area contributed by atoms with Gasteiger partial charge in [-0.05, 0) is 42.3 Å². The van der Waals surface area contributed by atoms with Crippen LogP contribution in [0.3, 0.4) is 0 Å². The molecule has 73 heavy (non-hydrogen) atoms. The van der Waals surface area contributed by atoms with Crippen LogP contribution in [0.5, 0.6) is 5.75 Å². The number of halogens is 1. The number of pyridine rings is 1. The van der Waals surface area contributed by atoms with E-state index in [-0.39, 0.29) is 29.3 Å². The van der Waals surface area contributed by atoms with E-state index < -0.39 is 26.2 Å². The van der Waals surface area contributed by atoms with E-state index in [2.05, 4.69) is 43.3 Å². The molecule has 0 saturated carbocycles. The number of piperidine rings is 1. The standard InChI is InChI=1S/C56H59IN8O7S/c1-34(32-63-27-29-64(30-28-63)56-59-45-31-38(15-18-47(45)71-56)40-17-20-50(66)61-52(40)67)13-14-36-21-24-57(25-22-36)72-46-11-6-8-39(35(46)2)41-16-19-49(60-51(41)54(69)70)65-26-23-37-7-5-9-42(43(37)33-65)53(68)62-55-58-44-10-3-4-12-48(44)73-55/h3-12,15-16,18-19,31,34,36,40H,13-14,17,20-30,32-33H2,1-2H3,(H,69,70)(H,58,62,68)(H,61,66,67)/t34-,40?/m0/s1. The Kier molecular flexibility index (Phi) is 14.2. The SMILES string of the molecule is Cc1c(OI2CCC(CC[C@H](C)CN3CCN(c4nc5cc(C6CCC(=O)NC6=O)ccc5o4)CC3)CC2)cccc1-c1ccc(N2CCc3cccc(C(=O)Nc4nc5ccccc5s4)c3C2)nc1C(=O)O. The summed E-state index contributed by atoms with van der Waals surface area (Å²) in [4.78, 5) is 71.7. The topological polar surface area (TPSA) is 183 Å². The van der Waals surface area contributed by atoms with E-state index >= 15 is 0 Å². The molecular weight excluding hydrogens is 1060 g/mol. The van der Waals surface area contributed by atoms with Crippen molar-refractivity contribution < 1.29 is 31.8 Å². The normalized spacial score (nSPS) is 18.7. The molecule has 0 radical (unpaired) electrons. The van der Waals surface area contributed by atoms with Gasteiger partial charge in [-0.2, -0.15) is 4.98 Å². The molecule has 2 atom stereocenters. The zero-order valence-electron chi connectivity index (χ0n) is 41.1. The van der Waals surface area contributed by atoms with Gasteiger partial charge in [0, 0.05) is 6.42 Å². The van der Waals surface area contributed by atoms with Crippen LogP contribution in [0.1, 0.15) is 94.5 Å². The number of nitrogens with zero attached hydrogens (tertiary/aromatic N) is 6. The number of aromatic carboxylic acids is 1. The number of carbonyl (C=O) groups is 4. The van der Waals surface area contributed by atoms with E-state index in [1.165, 1.54) is 37.0 Å². The number of rotatable bonds is 14. The monoisotopic (exact) mass is 1110 g/mol. The molecule has 7 heterocycles. The number of carbonyl (C=O) groups excluding carboxylic acids is 3. The van der Waals surface area contributed by atoms with E-state index in [0.717, 1.165) is 90.9 Å². The van der Waals surface area contributed by atoms with Crippen molar-refractivity contribution in [2.75, 3.05) is 63.2 Å². The van der Waals surface area contributed by atoms with Crippen LogP contribution in [0, 0.1) is 18.8 Å². The molecule has 7 aromatic rings. The first-order valence-corrected chi connectivity index (χ1v) is 30.1. The van der Waals surface area contributed by atoms with Crippen molar-refractivity contribution in [1.82, 2.24) is 25.2 Å². The molecule has 3 saturated heterocycles. The Morgan fingerprint density at radius 3 is 2.51 bits per heavy atom. The fraction of sp³-hybridized carbons (Fsp3) is 0.375. The Morgan fingerprint density at radius 2 is 1.70 bits per heavy atom. The third-order valence-electron chi connectivity index (χ3n) is 15.0. The van der Waals surface area contributed by atoms with Gasteiger partial charge in [-0.1, -0.05) is 41.7 Å². The Balaban J connectivity index is 0.655. The maximum atomic E-state index is 13.7. The molecule has 3 aromatic heterocycles. The molecule has 0 aliphatic carbocycles. The quantitative estimate of drug-likeness (QED) is 0.0532. The van der Waals surface area contributed by atoms with Crippen LogP contribution in [0.4, 0.5) is 17.0 Å². The number of thiazole rings is 1. The van der Waals surface area contributed by atoms with Gasteiger partial charge in [-0.3, -0.25) is 25.0 Å². The van der Waals surface area contributed by atoms with Crippen molar-refractivity contribution in [1.29, 1.82) is 0 Å². The molecule has 3 fully saturated rings. The number of alkyl halides is 2. The summed E-state index contributed by atoms with van der Waals surface area (Å²) in [5.74, 6) is 0.570. The number of nitrogens with one attached hydrogen (secondary N) is 2. The van der Waals surface area contributed by atoms with Gasteiger partial charge in [0.25, 0.3) is 5.91 Å². The summed E-state index contributed by atoms with van der Waals surface area (Å²) in [6.45, 7) is 10.1. The van der Waals surface area contributed by atoms with Gasteiger partial charge in [0.05, 0.1) is 16.1 Å². The van der Waals surface area contributed by atoms with Crippen molar-refractivity contribution in [3.05, 3.63) is 125 Å². The molecule has 4 aromatic carbocycles. The summed E-state index contributed by atoms with van der Waals surface area (Å²) < 4.78 is 16.3. The number of hydrogen-bond acceptors (Lipinski definition) is 13. The number of anilines is 3. The molecule has 1 unspecified atom stereocenters. The molecule has 17 heteroatoms. The summed E-state index contributed by atoms with van der Waals surface area (Å²) in [5, 5.41) is 16.6. The van der Waals surface area contributed by atoms with Gasteiger partial charge in [-0.25, -0.2) is 4.98 Å². The van der Waals surface area contributed by atoms with Crippen LogP contribution in [0.25, 0.3) is 32.4 Å². The number of hydrogen-bond donors (Lipinski definition) is 3. The fourth-order valence-electron chi connectivity index (χ4n) is 10.8. The van der Waals surface area contributed by atoms with E-state index in [1.807, 2.05) is 91.9 Å². The molecule has 15 nitrogen and oxygen atoms in total. The third-order valence-corrected chi connectivity index (χ3v) is 20.7. The second kappa shape index (κ2) is 21.2. The van der Waals surface area contributed by atoms with Gasteiger partial charge in [-0.15, -0.1) is 0 Å². The van der Waals surface area contributed by atoms with Gasteiger partial charge >= 0.3 is 258 Å². The van der Waals surface area contributed by atoms with E-state index in [0.29, 0.717) is 77.9 Å². The van der Waals surface area contributed by atoms with Crippen LogP contribution in [-0.4, -0.2) is 96.8 Å². The van der Waals surface area contributed by atoms with Crippen molar-refractivity contribution in [2.24, 2.45) is 11.8 Å². The molecule has 4 aliphatic heterocycles. The van der Waals surface area contributed by atoms with Crippen molar-refractivity contribution >= 4 is 93.5 Å². The van der Waals surface area contributed by atoms with Crippen LogP contribution in [-0.2, 0) is 22.6 Å². The van der Waals surface area contributed by atoms with E-state index in [4.69, 9.17) is 17.5 Å². The predicted octanol–water partition coefficient (Wildman–Crippen LogP) is 10.3. The first kappa shape index (κ1) is 48.8. The Labute approximate surface area is 435 Å². The zero-order chi connectivity index (χ0) is 50.2. The number of fused-ring (bicyclic) bond motifs is 3. The molecule has 0 spiro atoms. The number of aromatic nitrogens is 3. The number of carboxylic acids is 1. The Hall–Kier alpha value is -6.44.